The number of nitrogens with one attached hydrogen (secondary N) is 1. The standard InChI is InChI=1S/C20H16F3N3O/c1-26(15-7-3-2-4-8-15)19(27)18-13-14(11-12-24-18)25-17-10-6-5-9-16(17)20(21,22)23/h2-13H,1H3,(H,24,25). The lowest BCUT2D eigenvalue weighted by Crippen LogP contribution is -2.27. The van der Waals surface area contributed by atoms with Crippen molar-refractivity contribution in [2.45, 2.75) is 6.18 Å². The van der Waals surface area contributed by atoms with Gasteiger partial charge in [-0.1, -0.05) is 30.3 Å². The second-order valence-electron chi connectivity index (χ2n) is 5.80. The highest BCUT2D eigenvalue weighted by Gasteiger charge is 2.33. The van der Waals surface area contributed by atoms with Gasteiger partial charge in [0, 0.05) is 24.6 Å². The molecule has 2 aromatic carbocycles. The van der Waals surface area contributed by atoms with Crippen LogP contribution in [0.2, 0.25) is 0 Å². The molecule has 0 fully saturated rings. The average Bonchev–Trinajstić information content (AvgIpc) is 2.67. The van der Waals surface area contributed by atoms with Crippen molar-refractivity contribution in [3.63, 3.8) is 0 Å². The largest absolute Gasteiger partial charge is 0.418 e. The van der Waals surface area contributed by atoms with E-state index >= 15 is 0 Å². The molecule has 3 rings (SSSR count). The molecule has 0 aliphatic heterocycles. The first-order valence-corrected chi connectivity index (χ1v) is 8.08. The second-order valence-corrected chi connectivity index (χ2v) is 5.80. The molecule has 1 N–H and O–H groups in total. The lowest BCUT2D eigenvalue weighted by atomic mass is 10.1. The average molecular weight is 371 g/mol. The minimum Gasteiger partial charge on any atom is -0.355 e. The van der Waals surface area contributed by atoms with E-state index in [1.807, 2.05) is 6.07 Å². The molecule has 0 aliphatic carbocycles. The van der Waals surface area contributed by atoms with Crippen molar-refractivity contribution in [2.75, 3.05) is 17.3 Å². The lowest BCUT2D eigenvalue weighted by molar-refractivity contribution is -0.136. The summed E-state index contributed by atoms with van der Waals surface area (Å²) in [4.78, 5) is 18.1. The molecule has 0 atom stereocenters. The maximum Gasteiger partial charge on any atom is 0.418 e. The summed E-state index contributed by atoms with van der Waals surface area (Å²) in [5.74, 6) is -0.367. The van der Waals surface area contributed by atoms with Gasteiger partial charge < -0.3 is 10.2 Å². The topological polar surface area (TPSA) is 45.2 Å². The summed E-state index contributed by atoms with van der Waals surface area (Å²) in [7, 11) is 1.61. The first-order chi connectivity index (χ1) is 12.9. The molecule has 1 aromatic heterocycles. The Morgan fingerprint density at radius 1 is 1.00 bits per heavy atom. The van der Waals surface area contributed by atoms with Gasteiger partial charge in [-0.05, 0) is 36.4 Å². The van der Waals surface area contributed by atoms with Crippen LogP contribution in [0, 0.1) is 0 Å². The molecule has 0 aliphatic rings. The predicted octanol–water partition coefficient (Wildman–Crippen LogP) is 5.12. The Hall–Kier alpha value is -3.35. The number of pyridine rings is 1. The molecule has 1 amide bonds. The fourth-order valence-corrected chi connectivity index (χ4v) is 2.56. The van der Waals surface area contributed by atoms with Crippen molar-refractivity contribution >= 4 is 23.0 Å². The number of hydrogen-bond acceptors (Lipinski definition) is 3. The smallest absolute Gasteiger partial charge is 0.355 e. The maximum absolute atomic E-state index is 13.1. The second kappa shape index (κ2) is 7.49. The number of anilines is 3. The molecule has 3 aromatic rings. The lowest BCUT2D eigenvalue weighted by Gasteiger charge is -2.18. The van der Waals surface area contributed by atoms with Gasteiger partial charge in [-0.25, -0.2) is 0 Å². The van der Waals surface area contributed by atoms with Crippen molar-refractivity contribution in [3.05, 3.63) is 84.2 Å². The van der Waals surface area contributed by atoms with Gasteiger partial charge >= 0.3 is 6.18 Å². The predicted molar refractivity (Wildman–Crippen MR) is 98.1 cm³/mol. The van der Waals surface area contributed by atoms with Crippen LogP contribution in [0.25, 0.3) is 0 Å². The van der Waals surface area contributed by atoms with Gasteiger partial charge in [0.15, 0.2) is 0 Å². The van der Waals surface area contributed by atoms with Crippen LogP contribution < -0.4 is 10.2 Å². The minimum absolute atomic E-state index is 0.0917. The molecule has 0 radical (unpaired) electrons. The summed E-state index contributed by atoms with van der Waals surface area (Å²) >= 11 is 0. The van der Waals surface area contributed by atoms with E-state index in [0.29, 0.717) is 11.4 Å². The van der Waals surface area contributed by atoms with Gasteiger partial charge in [0.25, 0.3) is 5.91 Å². The van der Waals surface area contributed by atoms with Crippen LogP contribution in [-0.4, -0.2) is 17.9 Å². The molecule has 4 nitrogen and oxygen atoms in total. The fraction of sp³-hybridized carbons (Fsp3) is 0.100. The third-order valence-corrected chi connectivity index (χ3v) is 3.94. The highest BCUT2D eigenvalue weighted by molar-refractivity contribution is 6.04. The molecule has 7 heteroatoms. The number of aromatic nitrogens is 1. The third kappa shape index (κ3) is 4.25. The molecular formula is C20H16F3N3O. The summed E-state index contributed by atoms with van der Waals surface area (Å²) < 4.78 is 39.4. The molecule has 1 heterocycles. The van der Waals surface area contributed by atoms with E-state index in [9.17, 15) is 18.0 Å². The quantitative estimate of drug-likeness (QED) is 0.692. The number of carbonyl (C=O) groups excluding carboxylic acids is 1. The number of rotatable bonds is 4. The summed E-state index contributed by atoms with van der Waals surface area (Å²) in [6.45, 7) is 0. The summed E-state index contributed by atoms with van der Waals surface area (Å²) in [6, 6.07) is 17.1. The van der Waals surface area contributed by atoms with Gasteiger partial charge in [0.05, 0.1) is 11.3 Å². The van der Waals surface area contributed by atoms with Crippen LogP contribution >= 0.6 is 0 Å². The first-order valence-electron chi connectivity index (χ1n) is 8.08. The Kier molecular flexibility index (Phi) is 5.12. The van der Waals surface area contributed by atoms with E-state index in [0.717, 1.165) is 6.07 Å². The molecule has 0 spiro atoms. The van der Waals surface area contributed by atoms with Crippen molar-refractivity contribution in [1.82, 2.24) is 4.98 Å². The number of benzene rings is 2. The van der Waals surface area contributed by atoms with E-state index in [4.69, 9.17) is 0 Å². The van der Waals surface area contributed by atoms with Crippen LogP contribution in [0.15, 0.2) is 72.9 Å². The Balaban J connectivity index is 1.86. The van der Waals surface area contributed by atoms with Gasteiger partial charge in [-0.15, -0.1) is 0 Å². The SMILES string of the molecule is CN(C(=O)c1cc(Nc2ccccc2C(F)(F)F)ccn1)c1ccccc1. The van der Waals surface area contributed by atoms with Crippen molar-refractivity contribution in [1.29, 1.82) is 0 Å². The number of alkyl halides is 3. The van der Waals surface area contributed by atoms with Gasteiger partial charge in [0.1, 0.15) is 5.69 Å². The molecule has 138 valence electrons. The van der Waals surface area contributed by atoms with Crippen molar-refractivity contribution in [2.24, 2.45) is 0 Å². The normalized spacial score (nSPS) is 11.1. The third-order valence-electron chi connectivity index (χ3n) is 3.94. The van der Waals surface area contributed by atoms with Gasteiger partial charge in [0.2, 0.25) is 0 Å². The number of carbonyl (C=O) groups is 1. The number of hydrogen-bond donors (Lipinski definition) is 1. The van der Waals surface area contributed by atoms with Gasteiger partial charge in [-0.3, -0.25) is 9.78 Å². The van der Waals surface area contributed by atoms with Crippen molar-refractivity contribution < 1.29 is 18.0 Å². The molecule has 0 saturated carbocycles. The number of halogens is 3. The Bertz CT molecular complexity index is 942. The number of para-hydroxylation sites is 2. The fourth-order valence-electron chi connectivity index (χ4n) is 2.56. The molecular weight excluding hydrogens is 355 g/mol. The Morgan fingerprint density at radius 3 is 2.37 bits per heavy atom. The van der Waals surface area contributed by atoms with Crippen LogP contribution in [0.4, 0.5) is 30.2 Å². The number of amides is 1. The van der Waals surface area contributed by atoms with E-state index < -0.39 is 11.7 Å². The Morgan fingerprint density at radius 2 is 1.67 bits per heavy atom. The monoisotopic (exact) mass is 371 g/mol. The van der Waals surface area contributed by atoms with E-state index in [-0.39, 0.29) is 17.3 Å². The van der Waals surface area contributed by atoms with Crippen LogP contribution in [-0.2, 0) is 6.18 Å². The highest BCUT2D eigenvalue weighted by atomic mass is 19.4. The van der Waals surface area contributed by atoms with Crippen LogP contribution in [0.3, 0.4) is 0 Å². The summed E-state index contributed by atoms with van der Waals surface area (Å²) in [5, 5.41) is 2.72. The zero-order valence-electron chi connectivity index (χ0n) is 14.4. The zero-order chi connectivity index (χ0) is 19.4. The van der Waals surface area contributed by atoms with Crippen molar-refractivity contribution in [3.8, 4) is 0 Å². The van der Waals surface area contributed by atoms with Crippen LogP contribution in [0.5, 0.6) is 0 Å². The first kappa shape index (κ1) is 18.4. The molecule has 0 saturated heterocycles. The zero-order valence-corrected chi connectivity index (χ0v) is 14.4. The summed E-state index contributed by atoms with van der Waals surface area (Å²) in [6.07, 6.45) is -3.10. The summed E-state index contributed by atoms with van der Waals surface area (Å²) in [5.41, 5.74) is 0.273. The van der Waals surface area contributed by atoms with E-state index in [1.165, 1.54) is 41.4 Å². The molecule has 0 bridgehead atoms. The molecule has 0 unspecified atom stereocenters. The Labute approximate surface area is 154 Å². The van der Waals surface area contributed by atoms with E-state index in [1.54, 1.807) is 31.3 Å². The highest BCUT2D eigenvalue weighted by Crippen LogP contribution is 2.35. The number of nitrogens with zero attached hydrogens (tertiary/aromatic N) is 2. The minimum atomic E-state index is -4.48. The maximum atomic E-state index is 13.1. The molecule has 27 heavy (non-hydrogen) atoms. The van der Waals surface area contributed by atoms with E-state index in [2.05, 4.69) is 10.3 Å². The van der Waals surface area contributed by atoms with Crippen LogP contribution in [0.1, 0.15) is 16.1 Å². The van der Waals surface area contributed by atoms with Gasteiger partial charge in [-0.2, -0.15) is 13.2 Å².